The van der Waals surface area contributed by atoms with Crippen LogP contribution in [0.4, 0.5) is 0 Å². The van der Waals surface area contributed by atoms with Crippen LogP contribution in [0.25, 0.3) is 0 Å². The Hall–Kier alpha value is -1.44. The SMILES string of the molecule is CONC(=O)CCc1ccc(S(=O)(=O)N2CCCCCC2)cc1. The number of hydrogen-bond acceptors (Lipinski definition) is 4. The van der Waals surface area contributed by atoms with E-state index in [1.54, 1.807) is 28.6 Å². The Kier molecular flexibility index (Phi) is 6.56. The highest BCUT2D eigenvalue weighted by Crippen LogP contribution is 2.20. The van der Waals surface area contributed by atoms with Crippen molar-refractivity contribution < 1.29 is 18.0 Å². The second-order valence-electron chi connectivity index (χ2n) is 5.69. The Morgan fingerprint density at radius 2 is 1.74 bits per heavy atom. The molecule has 128 valence electrons. The zero-order valence-electron chi connectivity index (χ0n) is 13.5. The van der Waals surface area contributed by atoms with Gasteiger partial charge in [0.05, 0.1) is 12.0 Å². The average Bonchev–Trinajstić information content (AvgIpc) is 2.83. The molecular formula is C16H24N2O4S. The molecule has 1 aliphatic rings. The Bertz CT molecular complexity index is 605. The van der Waals surface area contributed by atoms with Crippen LogP contribution in [-0.2, 0) is 26.1 Å². The summed E-state index contributed by atoms with van der Waals surface area (Å²) in [7, 11) is -2.02. The van der Waals surface area contributed by atoms with Crippen molar-refractivity contribution >= 4 is 15.9 Å². The van der Waals surface area contributed by atoms with Gasteiger partial charge in [0.1, 0.15) is 0 Å². The molecule has 1 saturated heterocycles. The Morgan fingerprint density at radius 1 is 1.13 bits per heavy atom. The summed E-state index contributed by atoms with van der Waals surface area (Å²) in [4.78, 5) is 16.2. The van der Waals surface area contributed by atoms with Gasteiger partial charge in [0, 0.05) is 19.5 Å². The number of nitrogens with zero attached hydrogens (tertiary/aromatic N) is 1. The van der Waals surface area contributed by atoms with E-state index in [-0.39, 0.29) is 5.91 Å². The first kappa shape index (κ1) is 17.9. The van der Waals surface area contributed by atoms with Gasteiger partial charge in [-0.2, -0.15) is 4.31 Å². The van der Waals surface area contributed by atoms with E-state index in [9.17, 15) is 13.2 Å². The summed E-state index contributed by atoms with van der Waals surface area (Å²) in [5.74, 6) is -0.200. The average molecular weight is 340 g/mol. The van der Waals surface area contributed by atoms with Gasteiger partial charge in [0.25, 0.3) is 0 Å². The van der Waals surface area contributed by atoms with Gasteiger partial charge in [0.2, 0.25) is 15.9 Å². The third-order valence-corrected chi connectivity index (χ3v) is 5.90. The Morgan fingerprint density at radius 3 is 2.30 bits per heavy atom. The minimum absolute atomic E-state index is 0.200. The highest BCUT2D eigenvalue weighted by molar-refractivity contribution is 7.89. The Balaban J connectivity index is 2.01. The lowest BCUT2D eigenvalue weighted by Gasteiger charge is -2.20. The fourth-order valence-corrected chi connectivity index (χ4v) is 4.20. The quantitative estimate of drug-likeness (QED) is 0.802. The summed E-state index contributed by atoms with van der Waals surface area (Å²) < 4.78 is 26.9. The van der Waals surface area contributed by atoms with Crippen LogP contribution >= 0.6 is 0 Å². The zero-order chi connectivity index (χ0) is 16.7. The molecule has 0 saturated carbocycles. The van der Waals surface area contributed by atoms with Crippen molar-refractivity contribution in [1.82, 2.24) is 9.79 Å². The van der Waals surface area contributed by atoms with Gasteiger partial charge in [0.15, 0.2) is 0 Å². The minimum Gasteiger partial charge on any atom is -0.277 e. The predicted octanol–water partition coefficient (Wildman–Crippen LogP) is 1.86. The zero-order valence-corrected chi connectivity index (χ0v) is 14.3. The number of benzene rings is 1. The monoisotopic (exact) mass is 340 g/mol. The van der Waals surface area contributed by atoms with Crippen LogP contribution in [0.1, 0.15) is 37.7 Å². The van der Waals surface area contributed by atoms with Crippen LogP contribution in [0.3, 0.4) is 0 Å². The van der Waals surface area contributed by atoms with E-state index in [1.165, 1.54) is 7.11 Å². The van der Waals surface area contributed by atoms with E-state index in [4.69, 9.17) is 0 Å². The van der Waals surface area contributed by atoms with Crippen molar-refractivity contribution in [2.24, 2.45) is 0 Å². The summed E-state index contributed by atoms with van der Waals surface area (Å²) in [5.41, 5.74) is 3.18. The lowest BCUT2D eigenvalue weighted by atomic mass is 10.1. The lowest BCUT2D eigenvalue weighted by Crippen LogP contribution is -2.31. The van der Waals surface area contributed by atoms with Crippen molar-refractivity contribution in [3.63, 3.8) is 0 Å². The van der Waals surface area contributed by atoms with Gasteiger partial charge >= 0.3 is 0 Å². The van der Waals surface area contributed by atoms with E-state index in [0.29, 0.717) is 30.8 Å². The number of carbonyl (C=O) groups is 1. The van der Waals surface area contributed by atoms with Crippen LogP contribution < -0.4 is 5.48 Å². The molecule has 1 aliphatic heterocycles. The molecule has 1 N–H and O–H groups in total. The molecule has 2 rings (SSSR count). The van der Waals surface area contributed by atoms with Crippen molar-refractivity contribution in [2.75, 3.05) is 20.2 Å². The highest BCUT2D eigenvalue weighted by Gasteiger charge is 2.24. The van der Waals surface area contributed by atoms with E-state index in [0.717, 1.165) is 31.2 Å². The van der Waals surface area contributed by atoms with Crippen LogP contribution in [0, 0.1) is 0 Å². The number of hydrogen-bond donors (Lipinski definition) is 1. The molecule has 23 heavy (non-hydrogen) atoms. The third-order valence-electron chi connectivity index (χ3n) is 3.98. The van der Waals surface area contributed by atoms with Crippen molar-refractivity contribution in [3.05, 3.63) is 29.8 Å². The molecule has 1 aromatic rings. The second kappa shape index (κ2) is 8.42. The molecule has 1 amide bonds. The molecule has 0 bridgehead atoms. The van der Waals surface area contributed by atoms with Gasteiger partial charge in [-0.05, 0) is 37.0 Å². The smallest absolute Gasteiger partial charge is 0.243 e. The molecule has 1 fully saturated rings. The summed E-state index contributed by atoms with van der Waals surface area (Å²) in [6.45, 7) is 1.20. The molecule has 6 nitrogen and oxygen atoms in total. The number of sulfonamides is 1. The van der Waals surface area contributed by atoms with Crippen LogP contribution in [-0.4, -0.2) is 38.8 Å². The summed E-state index contributed by atoms with van der Waals surface area (Å²) in [6.07, 6.45) is 4.87. The molecular weight excluding hydrogens is 316 g/mol. The standard InChI is InChI=1S/C16H24N2O4S/c1-22-17-16(19)11-8-14-6-9-15(10-7-14)23(20,21)18-12-4-2-3-5-13-18/h6-7,9-10H,2-5,8,11-13H2,1H3,(H,17,19). The summed E-state index contributed by atoms with van der Waals surface area (Å²) >= 11 is 0. The molecule has 1 heterocycles. The second-order valence-corrected chi connectivity index (χ2v) is 7.63. The molecule has 0 aromatic heterocycles. The molecule has 1 aromatic carbocycles. The maximum absolute atomic E-state index is 12.6. The molecule has 0 spiro atoms. The van der Waals surface area contributed by atoms with Crippen LogP contribution in [0.15, 0.2) is 29.2 Å². The normalized spacial score (nSPS) is 16.7. The van der Waals surface area contributed by atoms with E-state index in [1.807, 2.05) is 0 Å². The number of amides is 1. The fraction of sp³-hybridized carbons (Fsp3) is 0.562. The van der Waals surface area contributed by atoms with Gasteiger partial charge in [-0.25, -0.2) is 13.9 Å². The molecule has 0 atom stereocenters. The third kappa shape index (κ3) is 5.02. The Labute approximate surface area is 137 Å². The highest BCUT2D eigenvalue weighted by atomic mass is 32.2. The van der Waals surface area contributed by atoms with Crippen LogP contribution in [0.5, 0.6) is 0 Å². The van der Waals surface area contributed by atoms with E-state index < -0.39 is 10.0 Å². The van der Waals surface area contributed by atoms with Crippen LogP contribution in [0.2, 0.25) is 0 Å². The van der Waals surface area contributed by atoms with E-state index >= 15 is 0 Å². The largest absolute Gasteiger partial charge is 0.277 e. The molecule has 0 aliphatic carbocycles. The van der Waals surface area contributed by atoms with Gasteiger partial charge in [-0.1, -0.05) is 25.0 Å². The number of rotatable bonds is 6. The predicted molar refractivity (Wildman–Crippen MR) is 87.1 cm³/mol. The minimum atomic E-state index is -3.41. The lowest BCUT2D eigenvalue weighted by molar-refractivity contribution is -0.131. The van der Waals surface area contributed by atoms with Gasteiger partial charge in [-0.3, -0.25) is 9.63 Å². The molecule has 7 heteroatoms. The van der Waals surface area contributed by atoms with Crippen molar-refractivity contribution in [2.45, 2.75) is 43.4 Å². The number of aryl methyl sites for hydroxylation is 1. The first-order valence-corrected chi connectivity index (χ1v) is 9.39. The molecule has 0 radical (unpaired) electrons. The van der Waals surface area contributed by atoms with E-state index in [2.05, 4.69) is 10.3 Å². The summed E-state index contributed by atoms with van der Waals surface area (Å²) in [6, 6.07) is 6.79. The first-order chi connectivity index (χ1) is 11.0. The van der Waals surface area contributed by atoms with Gasteiger partial charge in [-0.15, -0.1) is 0 Å². The fourth-order valence-electron chi connectivity index (χ4n) is 2.68. The van der Waals surface area contributed by atoms with Crippen molar-refractivity contribution in [1.29, 1.82) is 0 Å². The number of carbonyl (C=O) groups excluding carboxylic acids is 1. The maximum Gasteiger partial charge on any atom is 0.243 e. The topological polar surface area (TPSA) is 75.7 Å². The first-order valence-electron chi connectivity index (χ1n) is 7.95. The number of nitrogens with one attached hydrogen (secondary N) is 1. The summed E-state index contributed by atoms with van der Waals surface area (Å²) in [5, 5.41) is 0. The van der Waals surface area contributed by atoms with Crippen molar-refractivity contribution in [3.8, 4) is 0 Å². The maximum atomic E-state index is 12.6. The van der Waals surface area contributed by atoms with Gasteiger partial charge < -0.3 is 0 Å². The molecule has 0 unspecified atom stereocenters. The number of hydroxylamine groups is 1.